The molecule has 3 nitrogen and oxygen atoms in total. The second-order valence-electron chi connectivity index (χ2n) is 2.92. The van der Waals surface area contributed by atoms with Crippen molar-refractivity contribution >= 4 is 33.6 Å². The van der Waals surface area contributed by atoms with Crippen LogP contribution >= 0.6 is 11.3 Å². The molecule has 1 aromatic heterocycles. The largest absolute Gasteiger partial charge is 0.298 e. The predicted octanol–water partition coefficient (Wildman–Crippen LogP) is 2.31. The minimum absolute atomic E-state index is 0.0427. The number of Topliss-reactive ketones (excluding diaryl/α,β-unsaturated/α-hetero) is 1. The third-order valence-electron chi connectivity index (χ3n) is 1.85. The Labute approximate surface area is 84.4 Å². The third kappa shape index (κ3) is 1.44. The lowest BCUT2D eigenvalue weighted by atomic mass is 10.2. The molecule has 0 fully saturated rings. The minimum atomic E-state index is -0.0427. The van der Waals surface area contributed by atoms with Gasteiger partial charge in [0.15, 0.2) is 10.8 Å². The van der Waals surface area contributed by atoms with Gasteiger partial charge in [-0.1, -0.05) is 6.07 Å². The normalized spacial score (nSPS) is 10.4. The molecule has 2 rings (SSSR count). The highest BCUT2D eigenvalue weighted by atomic mass is 32.1. The molecule has 0 radical (unpaired) electrons. The van der Waals surface area contributed by atoms with Crippen LogP contribution in [-0.4, -0.2) is 17.1 Å². The van der Waals surface area contributed by atoms with Gasteiger partial charge >= 0.3 is 0 Å². The van der Waals surface area contributed by atoms with Crippen molar-refractivity contribution in [2.24, 2.45) is 0 Å². The minimum Gasteiger partial charge on any atom is -0.298 e. The fraction of sp³-hybridized carbons (Fsp3) is 0.100. The molecule has 0 unspecified atom stereocenters. The number of thiazole rings is 1. The average Bonchev–Trinajstić information content (AvgIpc) is 2.59. The molecule has 0 bridgehead atoms. The molecule has 0 spiro atoms. The number of fused-ring (bicyclic) bond motifs is 1. The maximum atomic E-state index is 11.0. The molecule has 0 aliphatic heterocycles. The van der Waals surface area contributed by atoms with Crippen molar-refractivity contribution in [1.82, 2.24) is 4.98 Å². The molecule has 0 saturated carbocycles. The molecule has 0 aliphatic carbocycles. The van der Waals surface area contributed by atoms with E-state index >= 15 is 0 Å². The zero-order valence-corrected chi connectivity index (χ0v) is 8.30. The molecule has 0 amide bonds. The highest BCUT2D eigenvalue weighted by molar-refractivity contribution is 7.20. The van der Waals surface area contributed by atoms with Gasteiger partial charge in [0, 0.05) is 12.5 Å². The summed E-state index contributed by atoms with van der Waals surface area (Å²) in [6.45, 7) is 1.48. The number of carbonyl (C=O) groups is 2. The lowest BCUT2D eigenvalue weighted by Crippen LogP contribution is -1.88. The van der Waals surface area contributed by atoms with E-state index in [0.29, 0.717) is 16.1 Å². The first-order valence-electron chi connectivity index (χ1n) is 4.07. The Morgan fingerprint density at radius 1 is 1.50 bits per heavy atom. The molecule has 70 valence electrons. The van der Waals surface area contributed by atoms with Crippen LogP contribution in [0.3, 0.4) is 0 Å². The van der Waals surface area contributed by atoms with Crippen molar-refractivity contribution in [3.8, 4) is 0 Å². The fourth-order valence-electron chi connectivity index (χ4n) is 1.17. The van der Waals surface area contributed by atoms with Crippen LogP contribution in [-0.2, 0) is 0 Å². The van der Waals surface area contributed by atoms with Crippen molar-refractivity contribution in [3.05, 3.63) is 28.8 Å². The van der Waals surface area contributed by atoms with E-state index in [1.54, 1.807) is 12.1 Å². The summed E-state index contributed by atoms with van der Waals surface area (Å²) in [6.07, 6.45) is 0.770. The van der Waals surface area contributed by atoms with Crippen LogP contribution in [0.1, 0.15) is 27.1 Å². The van der Waals surface area contributed by atoms with Gasteiger partial charge in [-0.15, -0.1) is 11.3 Å². The Bertz CT molecular complexity index is 516. The molecule has 0 saturated heterocycles. The van der Waals surface area contributed by atoms with Crippen molar-refractivity contribution in [1.29, 1.82) is 0 Å². The van der Waals surface area contributed by atoms with Gasteiger partial charge < -0.3 is 0 Å². The van der Waals surface area contributed by atoms with Crippen molar-refractivity contribution < 1.29 is 9.59 Å². The maximum absolute atomic E-state index is 11.0. The Balaban J connectivity index is 2.65. The summed E-state index contributed by atoms with van der Waals surface area (Å²) in [6, 6.07) is 5.21. The van der Waals surface area contributed by atoms with Gasteiger partial charge in [0.25, 0.3) is 0 Å². The summed E-state index contributed by atoms with van der Waals surface area (Å²) < 4.78 is 0.931. The van der Waals surface area contributed by atoms with E-state index < -0.39 is 0 Å². The number of hydrogen-bond acceptors (Lipinski definition) is 4. The molecule has 0 atom stereocenters. The molecule has 0 aliphatic rings. The van der Waals surface area contributed by atoms with Crippen LogP contribution in [0.2, 0.25) is 0 Å². The van der Waals surface area contributed by atoms with E-state index in [2.05, 4.69) is 4.98 Å². The van der Waals surface area contributed by atoms with Gasteiger partial charge in [0.1, 0.15) is 6.29 Å². The van der Waals surface area contributed by atoms with E-state index in [-0.39, 0.29) is 5.78 Å². The number of ketones is 1. The molecule has 4 heteroatoms. The molecule has 14 heavy (non-hydrogen) atoms. The predicted molar refractivity (Wildman–Crippen MR) is 55.0 cm³/mol. The standard InChI is InChI=1S/C10H7NO2S/c1-6(13)10-11-8-4-7(5-12)2-3-9(8)14-10/h2-5H,1H3. The number of carbonyl (C=O) groups excluding carboxylic acids is 2. The summed E-state index contributed by atoms with van der Waals surface area (Å²) >= 11 is 1.35. The zero-order chi connectivity index (χ0) is 10.1. The fourth-order valence-corrected chi connectivity index (χ4v) is 2.01. The van der Waals surface area contributed by atoms with Gasteiger partial charge in [0.2, 0.25) is 0 Å². The number of aromatic nitrogens is 1. The molecular formula is C10H7NO2S. The Kier molecular flexibility index (Phi) is 2.13. The zero-order valence-electron chi connectivity index (χ0n) is 7.48. The monoisotopic (exact) mass is 205 g/mol. The van der Waals surface area contributed by atoms with Gasteiger partial charge in [-0.25, -0.2) is 4.98 Å². The molecule has 1 aromatic carbocycles. The van der Waals surface area contributed by atoms with E-state index in [0.717, 1.165) is 11.0 Å². The summed E-state index contributed by atoms with van der Waals surface area (Å²) in [4.78, 5) is 25.7. The number of rotatable bonds is 2. The van der Waals surface area contributed by atoms with E-state index in [9.17, 15) is 9.59 Å². The average molecular weight is 205 g/mol. The highest BCUT2D eigenvalue weighted by Gasteiger charge is 2.07. The highest BCUT2D eigenvalue weighted by Crippen LogP contribution is 2.22. The summed E-state index contributed by atoms with van der Waals surface area (Å²) in [5, 5.41) is 0.489. The van der Waals surface area contributed by atoms with Crippen molar-refractivity contribution in [2.45, 2.75) is 6.92 Å². The van der Waals surface area contributed by atoms with Crippen molar-refractivity contribution in [2.75, 3.05) is 0 Å². The second-order valence-corrected chi connectivity index (χ2v) is 3.95. The van der Waals surface area contributed by atoms with Crippen LogP contribution in [0.4, 0.5) is 0 Å². The maximum Gasteiger partial charge on any atom is 0.188 e. The van der Waals surface area contributed by atoms with Crippen LogP contribution in [0.25, 0.3) is 10.2 Å². The van der Waals surface area contributed by atoms with Gasteiger partial charge in [-0.3, -0.25) is 9.59 Å². The lowest BCUT2D eigenvalue weighted by molar-refractivity contribution is 0.101. The summed E-state index contributed by atoms with van der Waals surface area (Å²) in [5.74, 6) is -0.0427. The smallest absolute Gasteiger partial charge is 0.188 e. The number of nitrogens with zero attached hydrogens (tertiary/aromatic N) is 1. The Hall–Kier alpha value is -1.55. The van der Waals surface area contributed by atoms with Crippen LogP contribution in [0, 0.1) is 0 Å². The van der Waals surface area contributed by atoms with Gasteiger partial charge in [0.05, 0.1) is 10.2 Å². The Morgan fingerprint density at radius 2 is 2.29 bits per heavy atom. The SMILES string of the molecule is CC(=O)c1nc2cc(C=O)ccc2s1. The van der Waals surface area contributed by atoms with Crippen LogP contribution in [0.15, 0.2) is 18.2 Å². The third-order valence-corrected chi connectivity index (χ3v) is 2.99. The quantitative estimate of drug-likeness (QED) is 0.558. The number of aldehydes is 1. The van der Waals surface area contributed by atoms with Crippen LogP contribution in [0.5, 0.6) is 0 Å². The first-order valence-corrected chi connectivity index (χ1v) is 4.89. The Morgan fingerprint density at radius 3 is 2.93 bits per heavy atom. The van der Waals surface area contributed by atoms with Gasteiger partial charge in [-0.05, 0) is 12.1 Å². The summed E-state index contributed by atoms with van der Waals surface area (Å²) in [5.41, 5.74) is 1.29. The molecule has 2 aromatic rings. The van der Waals surface area contributed by atoms with E-state index in [1.165, 1.54) is 18.3 Å². The summed E-state index contributed by atoms with van der Waals surface area (Å²) in [7, 11) is 0. The molecular weight excluding hydrogens is 198 g/mol. The second kappa shape index (κ2) is 3.31. The van der Waals surface area contributed by atoms with E-state index in [1.807, 2.05) is 6.07 Å². The molecule has 0 N–H and O–H groups in total. The lowest BCUT2D eigenvalue weighted by Gasteiger charge is -1.87. The first-order chi connectivity index (χ1) is 6.70. The molecule has 1 heterocycles. The van der Waals surface area contributed by atoms with Crippen molar-refractivity contribution in [3.63, 3.8) is 0 Å². The first kappa shape index (κ1) is 9.02. The topological polar surface area (TPSA) is 47.0 Å². The van der Waals surface area contributed by atoms with Gasteiger partial charge in [-0.2, -0.15) is 0 Å². The van der Waals surface area contributed by atoms with E-state index in [4.69, 9.17) is 0 Å². The number of hydrogen-bond donors (Lipinski definition) is 0. The number of benzene rings is 1. The van der Waals surface area contributed by atoms with Crippen LogP contribution < -0.4 is 0 Å².